The topological polar surface area (TPSA) is 24.3 Å². The van der Waals surface area contributed by atoms with Gasteiger partial charge in [-0.3, -0.25) is 0 Å². The van der Waals surface area contributed by atoms with Gasteiger partial charge in [0, 0.05) is 49.3 Å². The zero-order valence-corrected chi connectivity index (χ0v) is 40.9. The van der Waals surface area contributed by atoms with Crippen molar-refractivity contribution in [2.45, 2.75) is 38.5 Å². The summed E-state index contributed by atoms with van der Waals surface area (Å²) < 4.78 is 2.24. The van der Waals surface area contributed by atoms with E-state index in [0.29, 0.717) is 0 Å². The average molecular weight is 1060 g/mol. The van der Waals surface area contributed by atoms with Crippen LogP contribution in [-0.4, -0.2) is 16.3 Å². The Bertz CT molecular complexity index is 3320. The number of para-hydroxylation sites is 1. The number of fused-ring (bicyclic) bond motifs is 3. The van der Waals surface area contributed by atoms with E-state index in [1.807, 2.05) is 18.3 Å². The number of aromatic nitrogens is 2. The van der Waals surface area contributed by atoms with E-state index in [0.717, 1.165) is 55.7 Å². The van der Waals surface area contributed by atoms with Gasteiger partial charge in [-0.25, -0.2) is 4.98 Å². The van der Waals surface area contributed by atoms with Crippen molar-refractivity contribution in [1.29, 1.82) is 0 Å². The Morgan fingerprint density at radius 1 is 0.485 bits per heavy atom. The quantitative estimate of drug-likeness (QED) is 0.0953. The summed E-state index contributed by atoms with van der Waals surface area (Å²) in [6.45, 7) is 11.3. The van der Waals surface area contributed by atoms with E-state index in [4.69, 9.17) is 4.98 Å². The second kappa shape index (κ2) is 18.5. The molecular formula is C62H50BN4Pt-3. The zero-order valence-electron chi connectivity index (χ0n) is 38.6. The van der Waals surface area contributed by atoms with Gasteiger partial charge in [-0.15, -0.1) is 29.4 Å². The van der Waals surface area contributed by atoms with Gasteiger partial charge in [0.05, 0.1) is 0 Å². The number of anilines is 2. The molecule has 0 spiro atoms. The molecule has 3 heterocycles. The smallest absolute Gasteiger partial charge is 0.191 e. The summed E-state index contributed by atoms with van der Waals surface area (Å²) >= 11 is 0. The maximum absolute atomic E-state index is 4.82. The predicted molar refractivity (Wildman–Crippen MR) is 281 cm³/mol. The maximum atomic E-state index is 4.82. The van der Waals surface area contributed by atoms with Gasteiger partial charge in [-0.1, -0.05) is 190 Å². The molecule has 2 aromatic heterocycles. The normalized spacial score (nSPS) is 12.7. The van der Waals surface area contributed by atoms with Crippen LogP contribution >= 0.6 is 0 Å². The number of hydrogen-bond donors (Lipinski definition) is 0. The fourth-order valence-corrected chi connectivity index (χ4v) is 9.82. The molecular weight excluding hydrogens is 1010 g/mol. The van der Waals surface area contributed by atoms with Crippen LogP contribution in [-0.2, 0) is 31.9 Å². The van der Waals surface area contributed by atoms with Gasteiger partial charge in [0.2, 0.25) is 0 Å². The minimum atomic E-state index is -0.243. The number of hydrogen-bond acceptors (Lipinski definition) is 3. The van der Waals surface area contributed by atoms with Gasteiger partial charge in [0.1, 0.15) is 5.82 Å². The first-order chi connectivity index (χ1) is 32.7. The van der Waals surface area contributed by atoms with Crippen LogP contribution in [0.3, 0.4) is 0 Å². The van der Waals surface area contributed by atoms with Crippen molar-refractivity contribution in [2.75, 3.05) is 9.80 Å². The molecule has 334 valence electrons. The molecule has 10 aromatic rings. The molecule has 4 nitrogen and oxygen atoms in total. The van der Waals surface area contributed by atoms with Crippen LogP contribution in [0.5, 0.6) is 0 Å². The van der Waals surface area contributed by atoms with Crippen LogP contribution in [0.2, 0.25) is 0 Å². The zero-order chi connectivity index (χ0) is 45.5. The molecule has 8 aromatic carbocycles. The van der Waals surface area contributed by atoms with E-state index in [9.17, 15) is 0 Å². The summed E-state index contributed by atoms with van der Waals surface area (Å²) in [7, 11) is 0. The molecule has 0 atom stereocenters. The first kappa shape index (κ1) is 44.6. The monoisotopic (exact) mass is 1060 g/mol. The maximum Gasteiger partial charge on any atom is 0.191 e. The number of nitrogens with zero attached hydrogens (tertiary/aromatic N) is 4. The summed E-state index contributed by atoms with van der Waals surface area (Å²) in [6, 6.07) is 82.0. The van der Waals surface area contributed by atoms with Gasteiger partial charge in [-0.05, 0) is 75.9 Å². The fraction of sp³-hybridized carbons (Fsp3) is 0.0968. The predicted octanol–water partition coefficient (Wildman–Crippen LogP) is 12.5. The molecule has 0 radical (unpaired) electrons. The Labute approximate surface area is 415 Å². The number of rotatable bonds is 11. The minimum Gasteiger partial charge on any atom is -0.500 e. The van der Waals surface area contributed by atoms with E-state index in [2.05, 4.69) is 267 Å². The van der Waals surface area contributed by atoms with Crippen molar-refractivity contribution in [3.63, 3.8) is 0 Å². The molecule has 68 heavy (non-hydrogen) atoms. The van der Waals surface area contributed by atoms with Crippen molar-refractivity contribution in [3.8, 4) is 16.9 Å². The third-order valence-corrected chi connectivity index (χ3v) is 13.8. The number of pyridine rings is 1. The molecule has 0 N–H and O–H groups in total. The van der Waals surface area contributed by atoms with E-state index >= 15 is 0 Å². The standard InChI is InChI=1S/C62H50BN4.Pt/c1-61(2,47-23-11-6-12-24-47)49-39-50(62(3,4)48-25-13-7-14-26-48)41-55(40-49)66-36-35-65(44-66)54-38-46(45-21-9-5-10-22-45)37-53(42-54)63(51-27-15-8-16-28-51)52-32-33-57-56-29-17-18-30-58(56)67(59(57)43-52)60-31-19-20-34-64-60;/h5-41,44H,1-4H3;/q-3;. The van der Waals surface area contributed by atoms with Crippen molar-refractivity contribution < 1.29 is 21.1 Å². The van der Waals surface area contributed by atoms with Gasteiger partial charge in [-0.2, -0.15) is 41.3 Å². The molecule has 0 bridgehead atoms. The van der Waals surface area contributed by atoms with Crippen LogP contribution in [0.1, 0.15) is 49.9 Å². The van der Waals surface area contributed by atoms with E-state index in [1.165, 1.54) is 33.1 Å². The SMILES string of the molecule is CC(C)(c1ccccc1)c1cc(N2C=CN(c3[c-]c(B(c4[c-]c5c(cc4)c4ccccc4n5-c4ccccn4)c4ccccc4)cc(-c4ccccc4)c3)[CH-]2)cc(C(C)(C)c2ccccc2)c1.[Pt]. The van der Waals surface area contributed by atoms with Crippen molar-refractivity contribution in [3.05, 3.63) is 266 Å². The summed E-state index contributed by atoms with van der Waals surface area (Å²) in [4.78, 5) is 9.28. The van der Waals surface area contributed by atoms with Gasteiger partial charge in [0.15, 0.2) is 6.71 Å². The van der Waals surface area contributed by atoms with Gasteiger partial charge >= 0.3 is 0 Å². The first-order valence-corrected chi connectivity index (χ1v) is 23.1. The van der Waals surface area contributed by atoms with Crippen molar-refractivity contribution in [2.24, 2.45) is 0 Å². The summed E-state index contributed by atoms with van der Waals surface area (Å²) in [6.07, 6.45) is 6.18. The van der Waals surface area contributed by atoms with Crippen LogP contribution in [0.4, 0.5) is 11.4 Å². The Balaban J connectivity index is 0.00000539. The van der Waals surface area contributed by atoms with Crippen molar-refractivity contribution in [1.82, 2.24) is 9.55 Å². The Morgan fingerprint density at radius 3 is 1.72 bits per heavy atom. The van der Waals surface area contributed by atoms with Gasteiger partial charge in [0.25, 0.3) is 0 Å². The number of benzene rings is 8. The van der Waals surface area contributed by atoms with Crippen LogP contribution in [0, 0.1) is 18.8 Å². The van der Waals surface area contributed by atoms with Crippen molar-refractivity contribution >= 4 is 56.3 Å². The average Bonchev–Trinajstić information content (AvgIpc) is 4.02. The van der Waals surface area contributed by atoms with E-state index in [-0.39, 0.29) is 38.6 Å². The van der Waals surface area contributed by atoms with Crippen LogP contribution in [0.15, 0.2) is 225 Å². The van der Waals surface area contributed by atoms with Crippen LogP contribution < -0.4 is 26.2 Å². The Kier molecular flexibility index (Phi) is 12.1. The molecule has 1 aliphatic heterocycles. The molecule has 0 fully saturated rings. The summed E-state index contributed by atoms with van der Waals surface area (Å²) in [5, 5.41) is 2.32. The molecule has 6 heteroatoms. The van der Waals surface area contributed by atoms with E-state index < -0.39 is 0 Å². The first-order valence-electron chi connectivity index (χ1n) is 23.1. The second-order valence-electron chi connectivity index (χ2n) is 18.6. The molecule has 0 saturated carbocycles. The Morgan fingerprint density at radius 2 is 1.07 bits per heavy atom. The second-order valence-corrected chi connectivity index (χ2v) is 18.6. The molecule has 0 amide bonds. The Hall–Kier alpha value is -7.20. The minimum absolute atomic E-state index is 0. The third kappa shape index (κ3) is 8.31. The van der Waals surface area contributed by atoms with Gasteiger partial charge < -0.3 is 14.4 Å². The molecule has 0 saturated heterocycles. The molecule has 0 aliphatic carbocycles. The molecule has 0 unspecified atom stereocenters. The summed E-state index contributed by atoms with van der Waals surface area (Å²) in [5.41, 5.74) is 14.3. The summed E-state index contributed by atoms with van der Waals surface area (Å²) in [5.74, 6) is 0.865. The van der Waals surface area contributed by atoms with Crippen LogP contribution in [0.25, 0.3) is 38.8 Å². The largest absolute Gasteiger partial charge is 0.500 e. The fourth-order valence-electron chi connectivity index (χ4n) is 9.82. The molecule has 11 rings (SSSR count). The molecule has 1 aliphatic rings. The van der Waals surface area contributed by atoms with E-state index in [1.54, 1.807) is 0 Å². The third-order valence-electron chi connectivity index (χ3n) is 13.8.